The molecular weight excluding hydrogens is 361 g/mol. The van der Waals surface area contributed by atoms with Gasteiger partial charge in [-0.3, -0.25) is 9.59 Å². The summed E-state index contributed by atoms with van der Waals surface area (Å²) in [6, 6.07) is 4.59. The zero-order valence-corrected chi connectivity index (χ0v) is 14.9. The molecule has 1 aromatic rings. The molecule has 1 saturated heterocycles. The van der Waals surface area contributed by atoms with Crippen LogP contribution in [0.25, 0.3) is 0 Å². The summed E-state index contributed by atoms with van der Waals surface area (Å²) >= 11 is 11.6. The Balaban J connectivity index is 0.00000264. The number of carbonyl (C=O) groups is 2. The number of carbonyl (C=O) groups excluding carboxylic acids is 2. The van der Waals surface area contributed by atoms with E-state index >= 15 is 0 Å². The highest BCUT2D eigenvalue weighted by molar-refractivity contribution is 6.42. The van der Waals surface area contributed by atoms with Gasteiger partial charge in [-0.25, -0.2) is 0 Å². The number of amides is 2. The highest BCUT2D eigenvalue weighted by Crippen LogP contribution is 2.22. The van der Waals surface area contributed by atoms with Gasteiger partial charge in [0.1, 0.15) is 0 Å². The molecular formula is C15H20Cl3N3O2. The first-order valence-electron chi connectivity index (χ1n) is 7.27. The molecule has 0 saturated carbocycles. The Kier molecular flexibility index (Phi) is 8.69. The normalized spacial score (nSPS) is 16.5. The quantitative estimate of drug-likeness (QED) is 0.709. The van der Waals surface area contributed by atoms with Crippen LogP contribution in [0.2, 0.25) is 10.0 Å². The molecule has 1 aliphatic rings. The fourth-order valence-electron chi connectivity index (χ4n) is 2.34. The van der Waals surface area contributed by atoms with Crippen molar-refractivity contribution in [2.24, 2.45) is 5.92 Å². The van der Waals surface area contributed by atoms with Gasteiger partial charge in [0.25, 0.3) is 5.91 Å². The molecule has 1 aliphatic heterocycles. The van der Waals surface area contributed by atoms with Crippen LogP contribution < -0.4 is 16.0 Å². The lowest BCUT2D eigenvalue weighted by molar-refractivity contribution is -0.120. The summed E-state index contributed by atoms with van der Waals surface area (Å²) in [6.45, 7) is 2.65. The van der Waals surface area contributed by atoms with E-state index < -0.39 is 0 Å². The van der Waals surface area contributed by atoms with E-state index in [-0.39, 0.29) is 30.8 Å². The summed E-state index contributed by atoms with van der Waals surface area (Å²) in [5.41, 5.74) is 0.374. The SMILES string of the molecule is Cl.O=C(CNC(=O)c1ccc(Cl)c(Cl)c1)NCCC1CCNC1. The van der Waals surface area contributed by atoms with Gasteiger partial charge in [-0.2, -0.15) is 0 Å². The van der Waals surface area contributed by atoms with E-state index in [2.05, 4.69) is 16.0 Å². The minimum absolute atomic E-state index is 0. The second kappa shape index (κ2) is 9.98. The molecule has 1 atom stereocenters. The molecule has 0 aromatic heterocycles. The number of benzene rings is 1. The smallest absolute Gasteiger partial charge is 0.251 e. The van der Waals surface area contributed by atoms with Crippen molar-refractivity contribution in [2.45, 2.75) is 12.8 Å². The molecule has 5 nitrogen and oxygen atoms in total. The van der Waals surface area contributed by atoms with E-state index in [4.69, 9.17) is 23.2 Å². The van der Waals surface area contributed by atoms with Gasteiger partial charge in [0.15, 0.2) is 0 Å². The van der Waals surface area contributed by atoms with Crippen molar-refractivity contribution < 1.29 is 9.59 Å². The predicted molar refractivity (Wildman–Crippen MR) is 94.6 cm³/mol. The van der Waals surface area contributed by atoms with Crippen LogP contribution in [0.4, 0.5) is 0 Å². The van der Waals surface area contributed by atoms with E-state index in [0.29, 0.717) is 28.1 Å². The van der Waals surface area contributed by atoms with Crippen molar-refractivity contribution in [1.82, 2.24) is 16.0 Å². The summed E-state index contributed by atoms with van der Waals surface area (Å²) in [7, 11) is 0. The molecule has 2 amide bonds. The third-order valence-electron chi connectivity index (χ3n) is 3.63. The Morgan fingerprint density at radius 3 is 2.65 bits per heavy atom. The third kappa shape index (κ3) is 6.55. The molecule has 0 bridgehead atoms. The molecule has 23 heavy (non-hydrogen) atoms. The van der Waals surface area contributed by atoms with Crippen LogP contribution in [0.5, 0.6) is 0 Å². The first kappa shape index (κ1) is 20.0. The molecule has 0 radical (unpaired) electrons. The molecule has 0 aliphatic carbocycles. The van der Waals surface area contributed by atoms with Crippen LogP contribution >= 0.6 is 35.6 Å². The molecule has 1 aromatic carbocycles. The van der Waals surface area contributed by atoms with Gasteiger partial charge in [-0.15, -0.1) is 12.4 Å². The molecule has 1 heterocycles. The highest BCUT2D eigenvalue weighted by Gasteiger charge is 2.14. The van der Waals surface area contributed by atoms with Gasteiger partial charge < -0.3 is 16.0 Å². The molecule has 128 valence electrons. The molecule has 8 heteroatoms. The first-order valence-corrected chi connectivity index (χ1v) is 8.02. The Bertz CT molecular complexity index is 549. The molecule has 0 spiro atoms. The van der Waals surface area contributed by atoms with Crippen LogP contribution in [-0.4, -0.2) is 38.0 Å². The topological polar surface area (TPSA) is 70.2 Å². The van der Waals surface area contributed by atoms with Crippen molar-refractivity contribution >= 4 is 47.4 Å². The van der Waals surface area contributed by atoms with Crippen LogP contribution in [-0.2, 0) is 4.79 Å². The van der Waals surface area contributed by atoms with Crippen LogP contribution in [0.15, 0.2) is 18.2 Å². The van der Waals surface area contributed by atoms with E-state index in [1.165, 1.54) is 6.07 Å². The van der Waals surface area contributed by atoms with Crippen molar-refractivity contribution in [3.63, 3.8) is 0 Å². The van der Waals surface area contributed by atoms with Crippen molar-refractivity contribution in [3.05, 3.63) is 33.8 Å². The molecule has 2 rings (SSSR count). The van der Waals surface area contributed by atoms with Gasteiger partial charge in [0.2, 0.25) is 5.91 Å². The summed E-state index contributed by atoms with van der Waals surface area (Å²) in [4.78, 5) is 23.6. The van der Waals surface area contributed by atoms with Gasteiger partial charge in [-0.05, 0) is 50.0 Å². The summed E-state index contributed by atoms with van der Waals surface area (Å²) in [6.07, 6.45) is 2.11. The maximum atomic E-state index is 11.9. The Morgan fingerprint density at radius 2 is 2.00 bits per heavy atom. The standard InChI is InChI=1S/C15H19Cl2N3O2.ClH/c16-12-2-1-11(7-13(12)17)15(22)20-9-14(21)19-6-4-10-3-5-18-8-10;/h1-2,7,10,18H,3-6,8-9H2,(H,19,21)(H,20,22);1H. The second-order valence-corrected chi connectivity index (χ2v) is 6.12. The third-order valence-corrected chi connectivity index (χ3v) is 4.37. The Hall–Kier alpha value is -1.01. The molecule has 1 fully saturated rings. The van der Waals surface area contributed by atoms with Crippen LogP contribution in [0.3, 0.4) is 0 Å². The largest absolute Gasteiger partial charge is 0.355 e. The van der Waals surface area contributed by atoms with Gasteiger partial charge in [0, 0.05) is 12.1 Å². The van der Waals surface area contributed by atoms with Gasteiger partial charge >= 0.3 is 0 Å². The predicted octanol–water partition coefficient (Wildman–Crippen LogP) is 2.26. The van der Waals surface area contributed by atoms with E-state index in [0.717, 1.165) is 25.9 Å². The maximum absolute atomic E-state index is 11.9. The van der Waals surface area contributed by atoms with E-state index in [1.807, 2.05) is 0 Å². The molecule has 1 unspecified atom stereocenters. The minimum atomic E-state index is -0.353. The zero-order valence-electron chi connectivity index (χ0n) is 12.5. The summed E-state index contributed by atoms with van der Waals surface area (Å²) in [5.74, 6) is 0.0826. The lowest BCUT2D eigenvalue weighted by Gasteiger charge is -2.10. The monoisotopic (exact) mass is 379 g/mol. The first-order chi connectivity index (χ1) is 10.6. The van der Waals surface area contributed by atoms with E-state index in [1.54, 1.807) is 12.1 Å². The number of nitrogens with one attached hydrogen (secondary N) is 3. The average Bonchev–Trinajstić information content (AvgIpc) is 3.01. The van der Waals surface area contributed by atoms with Crippen molar-refractivity contribution in [3.8, 4) is 0 Å². The lowest BCUT2D eigenvalue weighted by Crippen LogP contribution is -2.37. The highest BCUT2D eigenvalue weighted by atomic mass is 35.5. The van der Waals surface area contributed by atoms with Gasteiger partial charge in [-0.1, -0.05) is 23.2 Å². The fraction of sp³-hybridized carbons (Fsp3) is 0.467. The summed E-state index contributed by atoms with van der Waals surface area (Å²) < 4.78 is 0. The minimum Gasteiger partial charge on any atom is -0.355 e. The molecule has 3 N–H and O–H groups in total. The van der Waals surface area contributed by atoms with Crippen LogP contribution in [0, 0.1) is 5.92 Å². The Morgan fingerprint density at radius 1 is 1.22 bits per heavy atom. The van der Waals surface area contributed by atoms with Crippen LogP contribution in [0.1, 0.15) is 23.2 Å². The van der Waals surface area contributed by atoms with E-state index in [9.17, 15) is 9.59 Å². The number of rotatable bonds is 6. The zero-order chi connectivity index (χ0) is 15.9. The number of hydrogen-bond acceptors (Lipinski definition) is 3. The second-order valence-electron chi connectivity index (χ2n) is 5.31. The average molecular weight is 381 g/mol. The van der Waals surface area contributed by atoms with Crippen molar-refractivity contribution in [1.29, 1.82) is 0 Å². The van der Waals surface area contributed by atoms with Gasteiger partial charge in [0.05, 0.1) is 16.6 Å². The number of halogens is 3. The summed E-state index contributed by atoms with van der Waals surface area (Å²) in [5, 5.41) is 9.35. The number of hydrogen-bond donors (Lipinski definition) is 3. The Labute approximate surface area is 151 Å². The fourth-order valence-corrected chi connectivity index (χ4v) is 2.64. The lowest BCUT2D eigenvalue weighted by atomic mass is 10.1. The van der Waals surface area contributed by atoms with Crippen molar-refractivity contribution in [2.75, 3.05) is 26.2 Å². The maximum Gasteiger partial charge on any atom is 0.251 e.